The van der Waals surface area contributed by atoms with Crippen molar-refractivity contribution in [2.45, 2.75) is 13.8 Å². The van der Waals surface area contributed by atoms with Gasteiger partial charge in [0.05, 0.1) is 14.5 Å². The second-order valence-corrected chi connectivity index (χ2v) is 8.88. The first-order valence-electron chi connectivity index (χ1n) is 9.69. The SMILES string of the molecule is Cc1ccccc1C(=O)Oc1c(Br)cc(/C=C2\N=C(c3ccccc3C)OC2=O)cc1Br. The Hall–Kier alpha value is -3.03. The van der Waals surface area contributed by atoms with Crippen LogP contribution in [-0.4, -0.2) is 17.8 Å². The van der Waals surface area contributed by atoms with Crippen molar-refractivity contribution in [3.63, 3.8) is 0 Å². The number of benzene rings is 3. The van der Waals surface area contributed by atoms with Crippen molar-refractivity contribution < 1.29 is 19.1 Å². The normalized spacial score (nSPS) is 14.3. The fraction of sp³-hybridized carbons (Fsp3) is 0.0800. The largest absolute Gasteiger partial charge is 0.420 e. The molecule has 0 aromatic heterocycles. The number of carbonyl (C=O) groups excluding carboxylic acids is 2. The third-order valence-electron chi connectivity index (χ3n) is 4.88. The Morgan fingerprint density at radius 3 is 2.25 bits per heavy atom. The highest BCUT2D eigenvalue weighted by molar-refractivity contribution is 9.11. The molecule has 0 aliphatic carbocycles. The Kier molecular flexibility index (Phi) is 6.39. The van der Waals surface area contributed by atoms with Crippen molar-refractivity contribution >= 4 is 55.8 Å². The lowest BCUT2D eigenvalue weighted by atomic mass is 10.1. The molecule has 0 fully saturated rings. The molecule has 4 rings (SSSR count). The van der Waals surface area contributed by atoms with E-state index in [-0.39, 0.29) is 11.6 Å². The number of esters is 2. The molecule has 160 valence electrons. The number of carbonyl (C=O) groups is 2. The van der Waals surface area contributed by atoms with Crippen molar-refractivity contribution in [1.29, 1.82) is 0 Å². The lowest BCUT2D eigenvalue weighted by molar-refractivity contribution is -0.129. The number of nitrogens with zero attached hydrogens (tertiary/aromatic N) is 1. The molecular formula is C25H17Br2NO4. The van der Waals surface area contributed by atoms with Gasteiger partial charge in [-0.25, -0.2) is 14.6 Å². The number of hydrogen-bond acceptors (Lipinski definition) is 5. The van der Waals surface area contributed by atoms with Crippen LogP contribution in [0.25, 0.3) is 6.08 Å². The van der Waals surface area contributed by atoms with Crippen LogP contribution in [0.3, 0.4) is 0 Å². The number of aliphatic imine (C=N–C) groups is 1. The molecule has 0 unspecified atom stereocenters. The molecule has 1 aliphatic heterocycles. The maximum atomic E-state index is 12.6. The molecule has 0 amide bonds. The lowest BCUT2D eigenvalue weighted by Gasteiger charge is -2.11. The predicted octanol–water partition coefficient (Wildman–Crippen LogP) is 6.39. The van der Waals surface area contributed by atoms with Crippen LogP contribution < -0.4 is 4.74 Å². The summed E-state index contributed by atoms with van der Waals surface area (Å²) in [6.07, 6.45) is 1.62. The third kappa shape index (κ3) is 4.59. The maximum absolute atomic E-state index is 12.6. The van der Waals surface area contributed by atoms with Gasteiger partial charge in [-0.05, 0) is 92.7 Å². The van der Waals surface area contributed by atoms with Crippen LogP contribution in [0.1, 0.15) is 32.6 Å². The van der Waals surface area contributed by atoms with Crippen LogP contribution in [0.15, 0.2) is 80.3 Å². The molecule has 5 nitrogen and oxygen atoms in total. The minimum Gasteiger partial charge on any atom is -0.420 e. The van der Waals surface area contributed by atoms with Gasteiger partial charge in [0.2, 0.25) is 5.90 Å². The van der Waals surface area contributed by atoms with Crippen molar-refractivity contribution in [3.05, 3.63) is 103 Å². The van der Waals surface area contributed by atoms with E-state index in [9.17, 15) is 9.59 Å². The van der Waals surface area contributed by atoms with Gasteiger partial charge >= 0.3 is 11.9 Å². The van der Waals surface area contributed by atoms with Crippen LogP contribution in [-0.2, 0) is 9.53 Å². The summed E-state index contributed by atoms with van der Waals surface area (Å²) in [5.41, 5.74) is 3.92. The van der Waals surface area contributed by atoms with E-state index < -0.39 is 11.9 Å². The van der Waals surface area contributed by atoms with Crippen LogP contribution in [0, 0.1) is 13.8 Å². The van der Waals surface area contributed by atoms with Gasteiger partial charge in [0.25, 0.3) is 0 Å². The highest BCUT2D eigenvalue weighted by atomic mass is 79.9. The molecule has 7 heteroatoms. The van der Waals surface area contributed by atoms with E-state index >= 15 is 0 Å². The van der Waals surface area contributed by atoms with Crippen molar-refractivity contribution in [2.24, 2.45) is 4.99 Å². The summed E-state index contributed by atoms with van der Waals surface area (Å²) in [6, 6.07) is 18.3. The van der Waals surface area contributed by atoms with Gasteiger partial charge in [-0.3, -0.25) is 0 Å². The standard InChI is InChI=1S/C25H17Br2NO4/c1-14-7-3-5-9-17(14)23-28-21(25(30)32-23)13-16-11-19(26)22(20(27)12-16)31-24(29)18-10-6-4-8-15(18)2/h3-13H,1-2H3/b21-13-. The highest BCUT2D eigenvalue weighted by Gasteiger charge is 2.25. The van der Waals surface area contributed by atoms with E-state index in [2.05, 4.69) is 36.9 Å². The molecule has 1 heterocycles. The Morgan fingerprint density at radius 1 is 0.969 bits per heavy atom. The molecule has 32 heavy (non-hydrogen) atoms. The summed E-state index contributed by atoms with van der Waals surface area (Å²) in [4.78, 5) is 29.3. The molecule has 0 atom stereocenters. The van der Waals surface area contributed by atoms with Crippen molar-refractivity contribution in [1.82, 2.24) is 0 Å². The van der Waals surface area contributed by atoms with E-state index in [1.807, 2.05) is 50.2 Å². The van der Waals surface area contributed by atoms with E-state index in [1.165, 1.54) is 0 Å². The molecule has 0 N–H and O–H groups in total. The molecule has 3 aromatic carbocycles. The van der Waals surface area contributed by atoms with E-state index in [0.717, 1.165) is 16.7 Å². The lowest BCUT2D eigenvalue weighted by Crippen LogP contribution is -2.11. The zero-order valence-electron chi connectivity index (χ0n) is 17.2. The molecule has 0 radical (unpaired) electrons. The van der Waals surface area contributed by atoms with E-state index in [4.69, 9.17) is 9.47 Å². The van der Waals surface area contributed by atoms with Gasteiger partial charge in [0.1, 0.15) is 0 Å². The zero-order valence-corrected chi connectivity index (χ0v) is 20.4. The molecule has 0 saturated heterocycles. The Labute approximate surface area is 202 Å². The number of rotatable bonds is 4. The summed E-state index contributed by atoms with van der Waals surface area (Å²) < 4.78 is 12.1. The summed E-state index contributed by atoms with van der Waals surface area (Å²) in [6.45, 7) is 3.78. The second-order valence-electron chi connectivity index (χ2n) is 7.17. The number of cyclic esters (lactones) is 1. The van der Waals surface area contributed by atoms with Crippen LogP contribution in [0.5, 0.6) is 5.75 Å². The molecular weight excluding hydrogens is 538 g/mol. The molecule has 1 aliphatic rings. The fourth-order valence-electron chi connectivity index (χ4n) is 3.21. The van der Waals surface area contributed by atoms with Crippen LogP contribution in [0.4, 0.5) is 0 Å². The smallest absolute Gasteiger partial charge is 0.363 e. The first kappa shape index (κ1) is 22.2. The van der Waals surface area contributed by atoms with Gasteiger partial charge in [0, 0.05) is 5.56 Å². The molecule has 3 aromatic rings. The Bertz CT molecular complexity index is 1290. The number of ether oxygens (including phenoxy) is 2. The summed E-state index contributed by atoms with van der Waals surface area (Å²) in [5.74, 6) is -0.354. The molecule has 0 saturated carbocycles. The van der Waals surface area contributed by atoms with Gasteiger partial charge in [-0.2, -0.15) is 0 Å². The quantitative estimate of drug-likeness (QED) is 0.213. The average Bonchev–Trinajstić information content (AvgIpc) is 3.11. The van der Waals surface area contributed by atoms with Gasteiger partial charge < -0.3 is 9.47 Å². The molecule has 0 spiro atoms. The summed E-state index contributed by atoms with van der Waals surface area (Å²) in [5, 5.41) is 0. The van der Waals surface area contributed by atoms with Crippen molar-refractivity contribution in [2.75, 3.05) is 0 Å². The zero-order chi connectivity index (χ0) is 22.8. The second kappa shape index (κ2) is 9.22. The maximum Gasteiger partial charge on any atom is 0.363 e. The number of hydrogen-bond donors (Lipinski definition) is 0. The summed E-state index contributed by atoms with van der Waals surface area (Å²) in [7, 11) is 0. The number of halogens is 2. The van der Waals surface area contributed by atoms with Crippen LogP contribution >= 0.6 is 31.9 Å². The monoisotopic (exact) mass is 553 g/mol. The number of aryl methyl sites for hydroxylation is 2. The van der Waals surface area contributed by atoms with Crippen molar-refractivity contribution in [3.8, 4) is 5.75 Å². The van der Waals surface area contributed by atoms with E-state index in [0.29, 0.717) is 25.8 Å². The Morgan fingerprint density at radius 2 is 1.59 bits per heavy atom. The van der Waals surface area contributed by atoms with Gasteiger partial charge in [-0.15, -0.1) is 0 Å². The van der Waals surface area contributed by atoms with Gasteiger partial charge in [-0.1, -0.05) is 36.4 Å². The summed E-state index contributed by atoms with van der Waals surface area (Å²) >= 11 is 6.90. The van der Waals surface area contributed by atoms with Crippen LogP contribution in [0.2, 0.25) is 0 Å². The first-order valence-corrected chi connectivity index (χ1v) is 11.3. The Balaban J connectivity index is 1.61. The highest BCUT2D eigenvalue weighted by Crippen LogP contribution is 2.36. The average molecular weight is 555 g/mol. The minimum absolute atomic E-state index is 0.187. The predicted molar refractivity (Wildman–Crippen MR) is 130 cm³/mol. The molecule has 0 bridgehead atoms. The topological polar surface area (TPSA) is 65.0 Å². The third-order valence-corrected chi connectivity index (χ3v) is 6.06. The minimum atomic E-state index is -0.523. The first-order chi connectivity index (χ1) is 15.3. The van der Waals surface area contributed by atoms with E-state index in [1.54, 1.807) is 30.3 Å². The van der Waals surface area contributed by atoms with Gasteiger partial charge in [0.15, 0.2) is 11.4 Å². The fourth-order valence-corrected chi connectivity index (χ4v) is 4.59.